The minimum Gasteiger partial charge on any atom is -0.389 e. The lowest BCUT2D eigenvalue weighted by Crippen LogP contribution is -2.41. The molecule has 0 radical (unpaired) electrons. The highest BCUT2D eigenvalue weighted by Gasteiger charge is 2.75. The van der Waals surface area contributed by atoms with Gasteiger partial charge in [0.25, 0.3) is 0 Å². The summed E-state index contributed by atoms with van der Waals surface area (Å²) in [6.45, 7) is 4.97. The summed E-state index contributed by atoms with van der Waals surface area (Å²) in [5.41, 5.74) is 1.02. The van der Waals surface area contributed by atoms with E-state index in [4.69, 9.17) is 11.6 Å². The van der Waals surface area contributed by atoms with E-state index in [0.717, 1.165) is 12.2 Å². The van der Waals surface area contributed by atoms with E-state index in [2.05, 4.69) is 34.4 Å². The van der Waals surface area contributed by atoms with Crippen molar-refractivity contribution in [1.82, 2.24) is 19.9 Å². The molecule has 0 spiro atoms. The van der Waals surface area contributed by atoms with E-state index >= 15 is 0 Å². The normalized spacial score (nSPS) is 32.0. The fraction of sp³-hybridized carbons (Fsp3) is 0.611. The third-order valence-electron chi connectivity index (χ3n) is 5.84. The average molecular weight is 394 g/mol. The zero-order valence-corrected chi connectivity index (χ0v) is 16.2. The summed E-state index contributed by atoms with van der Waals surface area (Å²) in [5, 5.41) is 27.5. The Labute approximate surface area is 161 Å². The first kappa shape index (κ1) is 18.5. The molecule has 2 aromatic rings. The number of aliphatic hydroxyl groups excluding tert-OH is 2. The number of halogens is 1. The minimum atomic E-state index is -1.12. The molecular weight excluding hydrogens is 370 g/mol. The van der Waals surface area contributed by atoms with Crippen LogP contribution in [0.3, 0.4) is 0 Å². The highest BCUT2D eigenvalue weighted by molar-refractivity contribution is 6.30. The molecule has 0 saturated heterocycles. The van der Waals surface area contributed by atoms with Crippen LogP contribution in [0, 0.1) is 17.3 Å². The molecule has 5 atom stereocenters. The van der Waals surface area contributed by atoms with Gasteiger partial charge in [0.15, 0.2) is 5.65 Å². The minimum absolute atomic E-state index is 0.173. The van der Waals surface area contributed by atoms with E-state index in [9.17, 15) is 15.0 Å². The van der Waals surface area contributed by atoms with E-state index < -0.39 is 23.7 Å². The van der Waals surface area contributed by atoms with Gasteiger partial charge < -0.3 is 25.4 Å². The maximum atomic E-state index is 12.3. The monoisotopic (exact) mass is 393 g/mol. The van der Waals surface area contributed by atoms with Crippen molar-refractivity contribution >= 4 is 34.4 Å². The Balaban J connectivity index is 1.74. The van der Waals surface area contributed by atoms with Crippen LogP contribution in [0.2, 0.25) is 5.15 Å². The van der Waals surface area contributed by atoms with Gasteiger partial charge in [-0.2, -0.15) is 0 Å². The number of aliphatic hydroxyl groups is 2. The molecule has 0 unspecified atom stereocenters. The molecule has 4 rings (SSSR count). The van der Waals surface area contributed by atoms with Gasteiger partial charge in [0, 0.05) is 25.6 Å². The molecular formula is C18H24ClN5O3. The first-order valence-corrected chi connectivity index (χ1v) is 9.54. The summed E-state index contributed by atoms with van der Waals surface area (Å²) in [7, 11) is 1.54. The van der Waals surface area contributed by atoms with Gasteiger partial charge in [-0.3, -0.25) is 4.79 Å². The summed E-state index contributed by atoms with van der Waals surface area (Å²) in [4.78, 5) is 21.2. The number of amides is 1. The maximum absolute atomic E-state index is 12.3. The number of pyridine rings is 1. The van der Waals surface area contributed by atoms with Crippen LogP contribution < -0.4 is 10.6 Å². The molecule has 9 heteroatoms. The number of carbonyl (C=O) groups excluding carboxylic acids is 1. The summed E-state index contributed by atoms with van der Waals surface area (Å²) in [6.07, 6.45) is -0.0734. The molecule has 146 valence electrons. The standard InChI is InChI=1S/C18H24ClN5O3/c1-8(2)6-21-10-4-11(19)23-16-12(10)22-7-24(16)13-9-5-18(9,17(27)20-3)15(26)14(13)25/h4,7-9,13-15,25-26H,5-6H2,1-3H3,(H,20,27)(H,21,23)/t9-,13-,14+,15+,18+/m1/s1. The number of nitrogens with zero attached hydrogens (tertiary/aromatic N) is 3. The van der Waals surface area contributed by atoms with Gasteiger partial charge in [0.05, 0.1) is 29.6 Å². The van der Waals surface area contributed by atoms with Crippen molar-refractivity contribution in [2.24, 2.45) is 17.3 Å². The Hall–Kier alpha value is -1.90. The number of imidazole rings is 1. The van der Waals surface area contributed by atoms with Gasteiger partial charge in [-0.15, -0.1) is 0 Å². The zero-order chi connectivity index (χ0) is 19.5. The number of nitrogens with one attached hydrogen (secondary N) is 2. The first-order chi connectivity index (χ1) is 12.8. The Morgan fingerprint density at radius 2 is 2.22 bits per heavy atom. The number of rotatable bonds is 5. The Kier molecular flexibility index (Phi) is 4.32. The van der Waals surface area contributed by atoms with Gasteiger partial charge >= 0.3 is 0 Å². The van der Waals surface area contributed by atoms with E-state index in [1.54, 1.807) is 24.0 Å². The van der Waals surface area contributed by atoms with Gasteiger partial charge in [0.2, 0.25) is 5.91 Å². The topological polar surface area (TPSA) is 112 Å². The van der Waals surface area contributed by atoms with Crippen LogP contribution in [0.15, 0.2) is 12.4 Å². The molecule has 2 aromatic heterocycles. The van der Waals surface area contributed by atoms with Gasteiger partial charge in [0.1, 0.15) is 16.8 Å². The molecule has 0 bridgehead atoms. The number of aromatic nitrogens is 3. The largest absolute Gasteiger partial charge is 0.389 e. The molecule has 2 aliphatic rings. The van der Waals surface area contributed by atoms with E-state index in [0.29, 0.717) is 28.7 Å². The Morgan fingerprint density at radius 1 is 1.48 bits per heavy atom. The second-order valence-electron chi connectivity index (χ2n) is 7.95. The zero-order valence-electron chi connectivity index (χ0n) is 15.5. The summed E-state index contributed by atoms with van der Waals surface area (Å²) in [6, 6.07) is 1.25. The number of hydrogen-bond acceptors (Lipinski definition) is 6. The van der Waals surface area contributed by atoms with Crippen LogP contribution in [0.1, 0.15) is 26.3 Å². The summed E-state index contributed by atoms with van der Waals surface area (Å²) in [5.74, 6) is 0.0319. The predicted molar refractivity (Wildman–Crippen MR) is 102 cm³/mol. The van der Waals surface area contributed by atoms with Crippen molar-refractivity contribution < 1.29 is 15.0 Å². The SMILES string of the molecule is CNC(=O)[C@@]12C[C@@H]1[C@@H](n1cnc3c(NCC(C)C)cc(Cl)nc31)[C@H](O)[C@@H]2O. The second-order valence-corrected chi connectivity index (χ2v) is 8.33. The number of anilines is 1. The molecule has 2 heterocycles. The molecule has 0 aliphatic heterocycles. The van der Waals surface area contributed by atoms with Crippen LogP contribution >= 0.6 is 11.6 Å². The molecule has 8 nitrogen and oxygen atoms in total. The van der Waals surface area contributed by atoms with E-state index in [1.807, 2.05) is 0 Å². The third kappa shape index (κ3) is 2.61. The number of carbonyl (C=O) groups is 1. The van der Waals surface area contributed by atoms with Crippen LogP contribution in [-0.2, 0) is 4.79 Å². The van der Waals surface area contributed by atoms with Crippen LogP contribution in [0.4, 0.5) is 5.69 Å². The van der Waals surface area contributed by atoms with Crippen molar-refractivity contribution in [3.63, 3.8) is 0 Å². The van der Waals surface area contributed by atoms with Crippen LogP contribution in [0.25, 0.3) is 11.2 Å². The molecule has 1 amide bonds. The van der Waals surface area contributed by atoms with Gasteiger partial charge in [-0.1, -0.05) is 25.4 Å². The summed E-state index contributed by atoms with van der Waals surface area (Å²) >= 11 is 6.22. The fourth-order valence-corrected chi connectivity index (χ4v) is 4.62. The molecule has 0 aromatic carbocycles. The Morgan fingerprint density at radius 3 is 2.89 bits per heavy atom. The molecule has 2 aliphatic carbocycles. The lowest BCUT2D eigenvalue weighted by molar-refractivity contribution is -0.132. The van der Waals surface area contributed by atoms with Crippen molar-refractivity contribution in [3.8, 4) is 0 Å². The maximum Gasteiger partial charge on any atom is 0.229 e. The smallest absolute Gasteiger partial charge is 0.229 e. The van der Waals surface area contributed by atoms with Crippen molar-refractivity contribution in [2.45, 2.75) is 38.5 Å². The van der Waals surface area contributed by atoms with Crippen molar-refractivity contribution in [2.75, 3.05) is 18.9 Å². The highest BCUT2D eigenvalue weighted by atomic mass is 35.5. The third-order valence-corrected chi connectivity index (χ3v) is 6.04. The summed E-state index contributed by atoms with van der Waals surface area (Å²) < 4.78 is 1.75. The molecule has 2 saturated carbocycles. The fourth-order valence-electron chi connectivity index (χ4n) is 4.43. The number of fused-ring (bicyclic) bond motifs is 2. The predicted octanol–water partition coefficient (Wildman–Crippen LogP) is 1.18. The van der Waals surface area contributed by atoms with Gasteiger partial charge in [-0.05, 0) is 12.3 Å². The van der Waals surface area contributed by atoms with Crippen molar-refractivity contribution in [1.29, 1.82) is 0 Å². The van der Waals surface area contributed by atoms with E-state index in [-0.39, 0.29) is 11.8 Å². The Bertz CT molecular complexity index is 900. The molecule has 2 fully saturated rings. The van der Waals surface area contributed by atoms with Crippen LogP contribution in [-0.4, -0.2) is 56.5 Å². The van der Waals surface area contributed by atoms with Crippen LogP contribution in [0.5, 0.6) is 0 Å². The second kappa shape index (κ2) is 6.32. The molecule has 4 N–H and O–H groups in total. The number of hydrogen-bond donors (Lipinski definition) is 4. The lowest BCUT2D eigenvalue weighted by Gasteiger charge is -2.23. The lowest BCUT2D eigenvalue weighted by atomic mass is 9.98. The first-order valence-electron chi connectivity index (χ1n) is 9.16. The average Bonchev–Trinajstić information content (AvgIpc) is 3.17. The quantitative estimate of drug-likeness (QED) is 0.567. The van der Waals surface area contributed by atoms with Crippen molar-refractivity contribution in [3.05, 3.63) is 17.5 Å². The van der Waals surface area contributed by atoms with E-state index in [1.165, 1.54) is 0 Å². The highest BCUT2D eigenvalue weighted by Crippen LogP contribution is 2.67. The molecule has 27 heavy (non-hydrogen) atoms. The van der Waals surface area contributed by atoms with Gasteiger partial charge in [-0.25, -0.2) is 9.97 Å².